The van der Waals surface area contributed by atoms with Crippen molar-refractivity contribution in [2.75, 3.05) is 13.2 Å². The van der Waals surface area contributed by atoms with Gasteiger partial charge in [-0.25, -0.2) is 0 Å². The lowest BCUT2D eigenvalue weighted by Crippen LogP contribution is -2.24. The van der Waals surface area contributed by atoms with Crippen LogP contribution >= 0.6 is 0 Å². The van der Waals surface area contributed by atoms with E-state index in [1.165, 1.54) is 0 Å². The van der Waals surface area contributed by atoms with Gasteiger partial charge in [-0.3, -0.25) is 0 Å². The molecule has 0 saturated heterocycles. The second-order valence-corrected chi connectivity index (χ2v) is 4.40. The zero-order valence-electron chi connectivity index (χ0n) is 10.8. The molecule has 0 amide bonds. The molecule has 0 radical (unpaired) electrons. The summed E-state index contributed by atoms with van der Waals surface area (Å²) in [6.07, 6.45) is 0.967. The van der Waals surface area contributed by atoms with E-state index < -0.39 is 0 Å². The van der Waals surface area contributed by atoms with Gasteiger partial charge in [0.2, 0.25) is 0 Å². The zero-order valence-corrected chi connectivity index (χ0v) is 10.8. The zero-order chi connectivity index (χ0) is 12.7. The van der Waals surface area contributed by atoms with Gasteiger partial charge in [-0.2, -0.15) is 5.26 Å². The summed E-state index contributed by atoms with van der Waals surface area (Å²) >= 11 is 0. The standard InChI is InChI=1S/C14H20N2O/c1-11(2)16-7-4-8-17-14-9-13(10-15)6-5-12(14)3/h5-6,9,11,16H,4,7-8H2,1-3H3. The van der Waals surface area contributed by atoms with Crippen LogP contribution in [-0.2, 0) is 0 Å². The number of nitrogens with zero attached hydrogens (tertiary/aromatic N) is 1. The van der Waals surface area contributed by atoms with E-state index in [0.717, 1.165) is 24.3 Å². The summed E-state index contributed by atoms with van der Waals surface area (Å²) in [4.78, 5) is 0. The molecule has 0 fully saturated rings. The van der Waals surface area contributed by atoms with Crippen molar-refractivity contribution in [1.82, 2.24) is 5.32 Å². The van der Waals surface area contributed by atoms with Crippen LogP contribution in [0.3, 0.4) is 0 Å². The molecular weight excluding hydrogens is 212 g/mol. The molecule has 0 aromatic heterocycles. The average Bonchev–Trinajstić information content (AvgIpc) is 2.30. The third-order valence-electron chi connectivity index (χ3n) is 2.45. The molecule has 0 aliphatic rings. The van der Waals surface area contributed by atoms with E-state index in [9.17, 15) is 0 Å². The van der Waals surface area contributed by atoms with E-state index in [1.54, 1.807) is 6.07 Å². The fourth-order valence-electron chi connectivity index (χ4n) is 1.47. The Labute approximate surface area is 103 Å². The summed E-state index contributed by atoms with van der Waals surface area (Å²) in [7, 11) is 0. The number of ether oxygens (including phenoxy) is 1. The van der Waals surface area contributed by atoms with E-state index in [1.807, 2.05) is 19.1 Å². The van der Waals surface area contributed by atoms with E-state index in [-0.39, 0.29) is 0 Å². The van der Waals surface area contributed by atoms with Gasteiger partial charge in [0.05, 0.1) is 18.2 Å². The topological polar surface area (TPSA) is 45.0 Å². The lowest BCUT2D eigenvalue weighted by molar-refractivity contribution is 0.304. The molecule has 0 aliphatic carbocycles. The van der Waals surface area contributed by atoms with E-state index >= 15 is 0 Å². The Balaban J connectivity index is 2.39. The van der Waals surface area contributed by atoms with Crippen molar-refractivity contribution in [2.45, 2.75) is 33.2 Å². The van der Waals surface area contributed by atoms with Crippen LogP contribution in [0.15, 0.2) is 18.2 Å². The van der Waals surface area contributed by atoms with Crippen LogP contribution in [-0.4, -0.2) is 19.2 Å². The lowest BCUT2D eigenvalue weighted by atomic mass is 10.1. The predicted octanol–water partition coefficient (Wildman–Crippen LogP) is 2.63. The number of aryl methyl sites for hydroxylation is 1. The molecule has 3 heteroatoms. The molecule has 1 aromatic carbocycles. The Hall–Kier alpha value is -1.53. The summed E-state index contributed by atoms with van der Waals surface area (Å²) in [6.45, 7) is 7.87. The smallest absolute Gasteiger partial charge is 0.123 e. The largest absolute Gasteiger partial charge is 0.493 e. The summed E-state index contributed by atoms with van der Waals surface area (Å²) in [5.74, 6) is 0.814. The van der Waals surface area contributed by atoms with Crippen LogP contribution in [0.2, 0.25) is 0 Å². The first-order valence-electron chi connectivity index (χ1n) is 6.00. The molecular formula is C14H20N2O. The van der Waals surface area contributed by atoms with Gasteiger partial charge in [0, 0.05) is 6.04 Å². The Morgan fingerprint density at radius 2 is 2.18 bits per heavy atom. The summed E-state index contributed by atoms with van der Waals surface area (Å²) in [5.41, 5.74) is 1.71. The number of rotatable bonds is 6. The highest BCUT2D eigenvalue weighted by Gasteiger charge is 2.01. The molecule has 0 saturated carbocycles. The molecule has 1 aromatic rings. The molecule has 0 bridgehead atoms. The SMILES string of the molecule is Cc1ccc(C#N)cc1OCCCNC(C)C. The van der Waals surface area contributed by atoms with Crippen LogP contribution in [0.5, 0.6) is 5.75 Å². The number of hydrogen-bond donors (Lipinski definition) is 1. The van der Waals surface area contributed by atoms with Crippen molar-refractivity contribution in [3.8, 4) is 11.8 Å². The monoisotopic (exact) mass is 232 g/mol. The van der Waals surface area contributed by atoms with Gasteiger partial charge in [-0.05, 0) is 37.6 Å². The molecule has 0 heterocycles. The molecule has 0 aliphatic heterocycles. The highest BCUT2D eigenvalue weighted by Crippen LogP contribution is 2.19. The summed E-state index contributed by atoms with van der Waals surface area (Å²) < 4.78 is 5.67. The van der Waals surface area contributed by atoms with E-state index in [0.29, 0.717) is 18.2 Å². The van der Waals surface area contributed by atoms with Crippen molar-refractivity contribution in [3.63, 3.8) is 0 Å². The van der Waals surface area contributed by atoms with Crippen LogP contribution in [0.4, 0.5) is 0 Å². The van der Waals surface area contributed by atoms with Gasteiger partial charge in [-0.15, -0.1) is 0 Å². The molecule has 17 heavy (non-hydrogen) atoms. The van der Waals surface area contributed by atoms with E-state index in [4.69, 9.17) is 10.00 Å². The van der Waals surface area contributed by atoms with Crippen molar-refractivity contribution >= 4 is 0 Å². The molecule has 0 unspecified atom stereocenters. The van der Waals surface area contributed by atoms with Crippen molar-refractivity contribution in [2.24, 2.45) is 0 Å². The van der Waals surface area contributed by atoms with Crippen molar-refractivity contribution in [3.05, 3.63) is 29.3 Å². The van der Waals surface area contributed by atoms with Gasteiger partial charge in [0.1, 0.15) is 5.75 Å². The van der Waals surface area contributed by atoms with Crippen LogP contribution in [0.1, 0.15) is 31.4 Å². The maximum absolute atomic E-state index is 8.81. The third kappa shape index (κ3) is 4.88. The highest BCUT2D eigenvalue weighted by molar-refractivity contribution is 5.41. The summed E-state index contributed by atoms with van der Waals surface area (Å²) in [6, 6.07) is 8.15. The number of benzene rings is 1. The van der Waals surface area contributed by atoms with Gasteiger partial charge in [-0.1, -0.05) is 19.9 Å². The number of nitriles is 1. The normalized spacial score (nSPS) is 10.3. The first kappa shape index (κ1) is 13.5. The Kier molecular flexibility index (Phi) is 5.51. The minimum Gasteiger partial charge on any atom is -0.493 e. The summed E-state index contributed by atoms with van der Waals surface area (Å²) in [5, 5.41) is 12.1. The number of nitrogens with one attached hydrogen (secondary N) is 1. The minimum absolute atomic E-state index is 0.513. The van der Waals surface area contributed by atoms with Crippen LogP contribution < -0.4 is 10.1 Å². The molecule has 1 rings (SSSR count). The quantitative estimate of drug-likeness (QED) is 0.767. The Morgan fingerprint density at radius 1 is 1.41 bits per heavy atom. The van der Waals surface area contributed by atoms with Crippen molar-refractivity contribution < 1.29 is 4.74 Å². The predicted molar refractivity (Wildman–Crippen MR) is 69.1 cm³/mol. The first-order valence-corrected chi connectivity index (χ1v) is 6.00. The van der Waals surface area contributed by atoms with Gasteiger partial charge < -0.3 is 10.1 Å². The second-order valence-electron chi connectivity index (χ2n) is 4.40. The van der Waals surface area contributed by atoms with Crippen LogP contribution in [0.25, 0.3) is 0 Å². The molecule has 1 N–H and O–H groups in total. The third-order valence-corrected chi connectivity index (χ3v) is 2.45. The minimum atomic E-state index is 0.513. The first-order chi connectivity index (χ1) is 8.13. The van der Waals surface area contributed by atoms with E-state index in [2.05, 4.69) is 25.2 Å². The number of hydrogen-bond acceptors (Lipinski definition) is 3. The van der Waals surface area contributed by atoms with Gasteiger partial charge in [0.25, 0.3) is 0 Å². The molecule has 3 nitrogen and oxygen atoms in total. The maximum Gasteiger partial charge on any atom is 0.123 e. The highest BCUT2D eigenvalue weighted by atomic mass is 16.5. The average molecular weight is 232 g/mol. The van der Waals surface area contributed by atoms with Crippen molar-refractivity contribution in [1.29, 1.82) is 5.26 Å². The molecule has 0 atom stereocenters. The molecule has 0 spiro atoms. The van der Waals surface area contributed by atoms with Crippen LogP contribution in [0, 0.1) is 18.3 Å². The fourth-order valence-corrected chi connectivity index (χ4v) is 1.47. The van der Waals surface area contributed by atoms with Gasteiger partial charge in [0.15, 0.2) is 0 Å². The Bertz CT molecular complexity index is 394. The van der Waals surface area contributed by atoms with Gasteiger partial charge >= 0.3 is 0 Å². The Morgan fingerprint density at radius 3 is 2.82 bits per heavy atom. The lowest BCUT2D eigenvalue weighted by Gasteiger charge is -2.11. The fraction of sp³-hybridized carbons (Fsp3) is 0.500. The maximum atomic E-state index is 8.81. The molecule has 92 valence electrons. The second kappa shape index (κ2) is 6.93.